The van der Waals surface area contributed by atoms with Crippen molar-refractivity contribution in [3.05, 3.63) is 96.4 Å². The van der Waals surface area contributed by atoms with Crippen LogP contribution in [0.15, 0.2) is 89.3 Å². The Morgan fingerprint density at radius 3 is 2.26 bits per heavy atom. The SMILES string of the molecule is CC(C)C(=O)Nc1cccc(CNC(=O)CCc2nc(-c3ccccc3)c(-c3ccccc3)o2)c1. The van der Waals surface area contributed by atoms with Gasteiger partial charge in [-0.05, 0) is 17.7 Å². The lowest BCUT2D eigenvalue weighted by atomic mass is 10.1. The van der Waals surface area contributed by atoms with Crippen LogP contribution in [0.1, 0.15) is 31.7 Å². The van der Waals surface area contributed by atoms with Gasteiger partial charge in [-0.25, -0.2) is 4.98 Å². The van der Waals surface area contributed by atoms with Gasteiger partial charge in [0, 0.05) is 42.1 Å². The first-order chi connectivity index (χ1) is 17.0. The molecule has 0 spiro atoms. The maximum absolute atomic E-state index is 12.5. The third-order valence-corrected chi connectivity index (χ3v) is 5.53. The van der Waals surface area contributed by atoms with Crippen molar-refractivity contribution in [1.82, 2.24) is 10.3 Å². The number of oxazole rings is 1. The van der Waals surface area contributed by atoms with Crippen molar-refractivity contribution in [2.75, 3.05) is 5.32 Å². The van der Waals surface area contributed by atoms with Crippen molar-refractivity contribution in [3.63, 3.8) is 0 Å². The number of anilines is 1. The molecule has 178 valence electrons. The van der Waals surface area contributed by atoms with Crippen LogP contribution in [0.4, 0.5) is 5.69 Å². The van der Waals surface area contributed by atoms with Gasteiger partial charge in [0.25, 0.3) is 0 Å². The van der Waals surface area contributed by atoms with Gasteiger partial charge < -0.3 is 15.1 Å². The topological polar surface area (TPSA) is 84.2 Å². The number of benzene rings is 3. The average molecular weight is 468 g/mol. The number of aryl methyl sites for hydroxylation is 1. The van der Waals surface area contributed by atoms with Crippen molar-refractivity contribution < 1.29 is 14.0 Å². The zero-order chi connectivity index (χ0) is 24.6. The molecule has 1 aromatic heterocycles. The lowest BCUT2D eigenvalue weighted by Crippen LogP contribution is -2.23. The first-order valence-electron chi connectivity index (χ1n) is 11.8. The average Bonchev–Trinajstić information content (AvgIpc) is 3.32. The number of amides is 2. The van der Waals surface area contributed by atoms with Crippen LogP contribution in [0.25, 0.3) is 22.6 Å². The lowest BCUT2D eigenvalue weighted by Gasteiger charge is -2.10. The van der Waals surface area contributed by atoms with Crippen LogP contribution < -0.4 is 10.6 Å². The Kier molecular flexibility index (Phi) is 7.73. The first kappa shape index (κ1) is 24.0. The largest absolute Gasteiger partial charge is 0.440 e. The molecule has 4 aromatic rings. The van der Waals surface area contributed by atoms with Gasteiger partial charge >= 0.3 is 0 Å². The summed E-state index contributed by atoms with van der Waals surface area (Å²) in [7, 11) is 0. The number of nitrogens with zero attached hydrogens (tertiary/aromatic N) is 1. The van der Waals surface area contributed by atoms with Gasteiger partial charge in [-0.2, -0.15) is 0 Å². The number of hydrogen-bond donors (Lipinski definition) is 2. The van der Waals surface area contributed by atoms with E-state index in [9.17, 15) is 9.59 Å². The van der Waals surface area contributed by atoms with Crippen LogP contribution in [-0.4, -0.2) is 16.8 Å². The molecule has 0 atom stereocenters. The van der Waals surface area contributed by atoms with Crippen LogP contribution in [0.2, 0.25) is 0 Å². The highest BCUT2D eigenvalue weighted by atomic mass is 16.4. The summed E-state index contributed by atoms with van der Waals surface area (Å²) in [5, 5.41) is 5.81. The number of rotatable bonds is 9. The van der Waals surface area contributed by atoms with E-state index in [4.69, 9.17) is 9.40 Å². The molecular weight excluding hydrogens is 438 g/mol. The van der Waals surface area contributed by atoms with Crippen LogP contribution in [0.5, 0.6) is 0 Å². The molecule has 0 aliphatic heterocycles. The summed E-state index contributed by atoms with van der Waals surface area (Å²) in [6, 6.07) is 27.2. The van der Waals surface area contributed by atoms with E-state index in [0.29, 0.717) is 24.6 Å². The van der Waals surface area contributed by atoms with Gasteiger partial charge in [0.15, 0.2) is 11.7 Å². The molecule has 35 heavy (non-hydrogen) atoms. The summed E-state index contributed by atoms with van der Waals surface area (Å²) in [6.07, 6.45) is 0.649. The van der Waals surface area contributed by atoms with E-state index in [1.807, 2.05) is 98.8 Å². The molecule has 2 N–H and O–H groups in total. The molecule has 0 aliphatic carbocycles. The molecule has 3 aromatic carbocycles. The van der Waals surface area contributed by atoms with Gasteiger partial charge in [-0.15, -0.1) is 0 Å². The van der Waals surface area contributed by atoms with Crippen molar-refractivity contribution in [2.45, 2.75) is 33.2 Å². The third kappa shape index (κ3) is 6.44. The maximum atomic E-state index is 12.5. The van der Waals surface area contributed by atoms with E-state index in [1.165, 1.54) is 0 Å². The smallest absolute Gasteiger partial charge is 0.226 e. The molecule has 2 amide bonds. The molecule has 0 fully saturated rings. The molecule has 0 aliphatic rings. The Labute approximate surface area is 205 Å². The molecule has 6 nitrogen and oxygen atoms in total. The Bertz CT molecular complexity index is 1220. The zero-order valence-corrected chi connectivity index (χ0v) is 20.0. The summed E-state index contributed by atoms with van der Waals surface area (Å²) >= 11 is 0. The maximum Gasteiger partial charge on any atom is 0.226 e. The Morgan fingerprint density at radius 2 is 1.57 bits per heavy atom. The minimum atomic E-state index is -0.0987. The van der Waals surface area contributed by atoms with Crippen LogP contribution in [0, 0.1) is 5.92 Å². The van der Waals surface area contributed by atoms with Crippen molar-refractivity contribution in [1.29, 1.82) is 0 Å². The molecule has 6 heteroatoms. The molecule has 0 bridgehead atoms. The summed E-state index contributed by atoms with van der Waals surface area (Å²) in [5.74, 6) is 0.992. The molecule has 0 saturated heterocycles. The second-order valence-electron chi connectivity index (χ2n) is 8.64. The van der Waals surface area contributed by atoms with Crippen molar-refractivity contribution in [3.8, 4) is 22.6 Å². The summed E-state index contributed by atoms with van der Waals surface area (Å²) < 4.78 is 6.11. The zero-order valence-electron chi connectivity index (χ0n) is 20.0. The Morgan fingerprint density at radius 1 is 0.886 bits per heavy atom. The molecule has 0 radical (unpaired) electrons. The van der Waals surface area contributed by atoms with E-state index in [0.717, 1.165) is 28.1 Å². The monoisotopic (exact) mass is 467 g/mol. The quantitative estimate of drug-likeness (QED) is 0.323. The highest BCUT2D eigenvalue weighted by molar-refractivity contribution is 5.92. The number of hydrogen-bond acceptors (Lipinski definition) is 4. The standard InChI is InChI=1S/C29H29N3O3/c1-20(2)29(34)31-24-15-9-10-21(18-24)19-30-25(33)16-17-26-32-27(22-11-5-3-6-12-22)28(35-26)23-13-7-4-8-14-23/h3-15,18,20H,16-17,19H2,1-2H3,(H,30,33)(H,31,34). The summed E-state index contributed by atoms with van der Waals surface area (Å²) in [4.78, 5) is 29.2. The number of carbonyl (C=O) groups excluding carboxylic acids is 2. The van der Waals surface area contributed by atoms with E-state index in [2.05, 4.69) is 10.6 Å². The van der Waals surface area contributed by atoms with Crippen LogP contribution in [-0.2, 0) is 22.6 Å². The van der Waals surface area contributed by atoms with E-state index >= 15 is 0 Å². The second-order valence-corrected chi connectivity index (χ2v) is 8.64. The number of carbonyl (C=O) groups is 2. The summed E-state index contributed by atoms with van der Waals surface area (Å²) in [6.45, 7) is 4.07. The van der Waals surface area contributed by atoms with Gasteiger partial charge in [0.05, 0.1) is 0 Å². The van der Waals surface area contributed by atoms with Crippen LogP contribution in [0.3, 0.4) is 0 Å². The Balaban J connectivity index is 1.39. The highest BCUT2D eigenvalue weighted by Gasteiger charge is 2.17. The fourth-order valence-electron chi connectivity index (χ4n) is 3.60. The molecular formula is C29H29N3O3. The van der Waals surface area contributed by atoms with Gasteiger partial charge in [-0.1, -0.05) is 86.6 Å². The van der Waals surface area contributed by atoms with E-state index in [-0.39, 0.29) is 24.2 Å². The molecule has 0 unspecified atom stereocenters. The summed E-state index contributed by atoms with van der Waals surface area (Å²) in [5.41, 5.74) is 4.31. The van der Waals surface area contributed by atoms with Crippen LogP contribution >= 0.6 is 0 Å². The minimum Gasteiger partial charge on any atom is -0.440 e. The lowest BCUT2D eigenvalue weighted by molar-refractivity contribution is -0.121. The van der Waals surface area contributed by atoms with E-state index < -0.39 is 0 Å². The molecule has 4 rings (SSSR count). The van der Waals surface area contributed by atoms with Crippen molar-refractivity contribution >= 4 is 17.5 Å². The predicted molar refractivity (Wildman–Crippen MR) is 137 cm³/mol. The minimum absolute atomic E-state index is 0.0399. The fraction of sp³-hybridized carbons (Fsp3) is 0.207. The van der Waals surface area contributed by atoms with Gasteiger partial charge in [0.2, 0.25) is 11.8 Å². The highest BCUT2D eigenvalue weighted by Crippen LogP contribution is 2.32. The second kappa shape index (κ2) is 11.3. The van der Waals surface area contributed by atoms with Gasteiger partial charge in [0.1, 0.15) is 5.69 Å². The molecule has 0 saturated carbocycles. The molecule has 1 heterocycles. The predicted octanol–water partition coefficient (Wildman–Crippen LogP) is 5.85. The third-order valence-electron chi connectivity index (χ3n) is 5.53. The van der Waals surface area contributed by atoms with Crippen molar-refractivity contribution in [2.24, 2.45) is 5.92 Å². The Hall–Kier alpha value is -4.19. The number of aromatic nitrogens is 1. The number of nitrogens with one attached hydrogen (secondary N) is 2. The first-order valence-corrected chi connectivity index (χ1v) is 11.8. The fourth-order valence-corrected chi connectivity index (χ4v) is 3.60. The van der Waals surface area contributed by atoms with Gasteiger partial charge in [-0.3, -0.25) is 9.59 Å². The normalized spacial score (nSPS) is 10.8. The van der Waals surface area contributed by atoms with E-state index in [1.54, 1.807) is 0 Å².